The van der Waals surface area contributed by atoms with Crippen LogP contribution in [0.25, 0.3) is 0 Å². The van der Waals surface area contributed by atoms with Crippen LogP contribution in [0.5, 0.6) is 0 Å². The molecule has 2 nitrogen and oxygen atoms in total. The highest BCUT2D eigenvalue weighted by Gasteiger charge is 2.13. The lowest BCUT2D eigenvalue weighted by molar-refractivity contribution is 0.490. The molecule has 0 amide bonds. The van der Waals surface area contributed by atoms with Gasteiger partial charge in [0.2, 0.25) is 0 Å². The van der Waals surface area contributed by atoms with Crippen molar-refractivity contribution in [1.29, 1.82) is 0 Å². The fourth-order valence-corrected chi connectivity index (χ4v) is 3.58. The Kier molecular flexibility index (Phi) is 4.54. The van der Waals surface area contributed by atoms with Gasteiger partial charge in [0, 0.05) is 35.2 Å². The highest BCUT2D eigenvalue weighted by atomic mass is 32.2. The van der Waals surface area contributed by atoms with E-state index in [0.717, 1.165) is 22.8 Å². The van der Waals surface area contributed by atoms with E-state index in [0.29, 0.717) is 0 Å². The smallest absolute Gasteiger partial charge is 0.0826 e. The molecule has 1 aliphatic heterocycles. The molecule has 2 aromatic rings. The van der Waals surface area contributed by atoms with Crippen LogP contribution in [0.1, 0.15) is 17.5 Å². The van der Waals surface area contributed by atoms with Gasteiger partial charge in [0.05, 0.1) is 10.8 Å². The zero-order valence-electron chi connectivity index (χ0n) is 12.6. The van der Waals surface area contributed by atoms with E-state index in [1.54, 1.807) is 0 Å². The molecule has 1 atom stereocenters. The van der Waals surface area contributed by atoms with Gasteiger partial charge in [-0.2, -0.15) is 0 Å². The number of aryl methyl sites for hydroxylation is 1. The zero-order chi connectivity index (χ0) is 15.4. The summed E-state index contributed by atoms with van der Waals surface area (Å²) in [5, 5.41) is 0. The Morgan fingerprint density at radius 3 is 2.50 bits per heavy atom. The third-order valence-corrected chi connectivity index (χ3v) is 5.06. The van der Waals surface area contributed by atoms with Crippen LogP contribution in [0.15, 0.2) is 82.9 Å². The molecule has 0 aliphatic carbocycles. The maximum atomic E-state index is 12.7. The molecule has 0 unspecified atom stereocenters. The highest BCUT2D eigenvalue weighted by Crippen LogP contribution is 2.23. The lowest BCUT2D eigenvalue weighted by atomic mass is 10.2. The topological polar surface area (TPSA) is 20.3 Å². The quantitative estimate of drug-likeness (QED) is 0.836. The van der Waals surface area contributed by atoms with E-state index in [1.807, 2.05) is 55.6 Å². The van der Waals surface area contributed by atoms with Crippen LogP contribution in [0.4, 0.5) is 0 Å². The number of hydrogen-bond acceptors (Lipinski definition) is 2. The third-order valence-electron chi connectivity index (χ3n) is 3.61. The van der Waals surface area contributed by atoms with E-state index < -0.39 is 10.8 Å². The van der Waals surface area contributed by atoms with Gasteiger partial charge in [-0.1, -0.05) is 54.1 Å². The molecule has 0 radical (unpaired) electrons. The van der Waals surface area contributed by atoms with E-state index in [9.17, 15) is 4.21 Å². The minimum atomic E-state index is -1.09. The maximum absolute atomic E-state index is 12.7. The van der Waals surface area contributed by atoms with Crippen LogP contribution in [0, 0.1) is 6.92 Å². The van der Waals surface area contributed by atoms with Crippen molar-refractivity contribution < 1.29 is 4.21 Å². The summed E-state index contributed by atoms with van der Waals surface area (Å²) in [4.78, 5) is 3.91. The molecule has 0 saturated carbocycles. The summed E-state index contributed by atoms with van der Waals surface area (Å²) < 4.78 is 12.7. The number of allylic oxidation sites excluding steroid dienone is 2. The van der Waals surface area contributed by atoms with Gasteiger partial charge in [0.1, 0.15) is 0 Å². The van der Waals surface area contributed by atoms with Crippen molar-refractivity contribution in [2.45, 2.75) is 24.8 Å². The molecule has 0 aromatic heterocycles. The number of rotatable bonds is 4. The predicted octanol–water partition coefficient (Wildman–Crippen LogP) is 4.36. The van der Waals surface area contributed by atoms with Gasteiger partial charge in [-0.25, -0.2) is 4.21 Å². The Labute approximate surface area is 134 Å². The Hall–Kier alpha value is -2.13. The second kappa shape index (κ2) is 6.75. The molecule has 0 N–H and O–H groups in total. The van der Waals surface area contributed by atoms with Gasteiger partial charge >= 0.3 is 0 Å². The first kappa shape index (κ1) is 14.8. The normalized spacial score (nSPS) is 15.5. The summed E-state index contributed by atoms with van der Waals surface area (Å²) in [5.41, 5.74) is 2.43. The summed E-state index contributed by atoms with van der Waals surface area (Å²) >= 11 is 0. The first-order valence-corrected chi connectivity index (χ1v) is 8.53. The summed E-state index contributed by atoms with van der Waals surface area (Å²) in [7, 11) is -1.09. The van der Waals surface area contributed by atoms with E-state index in [4.69, 9.17) is 0 Å². The molecule has 1 heterocycles. The molecule has 2 aromatic carbocycles. The number of benzene rings is 2. The molecule has 22 heavy (non-hydrogen) atoms. The van der Waals surface area contributed by atoms with Crippen molar-refractivity contribution in [2.75, 3.05) is 0 Å². The van der Waals surface area contributed by atoms with Crippen LogP contribution in [0.3, 0.4) is 0 Å². The van der Waals surface area contributed by atoms with Crippen molar-refractivity contribution in [2.24, 2.45) is 0 Å². The Morgan fingerprint density at radius 1 is 1.05 bits per heavy atom. The zero-order valence-corrected chi connectivity index (χ0v) is 13.4. The van der Waals surface area contributed by atoms with Gasteiger partial charge in [0.15, 0.2) is 0 Å². The highest BCUT2D eigenvalue weighted by molar-refractivity contribution is 7.89. The lowest BCUT2D eigenvalue weighted by Gasteiger charge is -2.21. The summed E-state index contributed by atoms with van der Waals surface area (Å²) in [6.07, 6.45) is 6.89. The molecule has 0 spiro atoms. The summed E-state index contributed by atoms with van der Waals surface area (Å²) in [6, 6.07) is 18.2. The van der Waals surface area contributed by atoms with Crippen LogP contribution >= 0.6 is 0 Å². The second-order valence-corrected chi connectivity index (χ2v) is 6.96. The maximum Gasteiger partial charge on any atom is 0.0826 e. The Balaban J connectivity index is 1.76. The van der Waals surface area contributed by atoms with Gasteiger partial charge in [-0.3, -0.25) is 0 Å². The predicted molar refractivity (Wildman–Crippen MR) is 91.4 cm³/mol. The summed E-state index contributed by atoms with van der Waals surface area (Å²) in [5.74, 6) is 0. The monoisotopic (exact) mass is 309 g/mol. The largest absolute Gasteiger partial charge is 0.349 e. The Bertz CT molecular complexity index is 717. The number of hydrogen-bond donors (Lipinski definition) is 0. The van der Waals surface area contributed by atoms with Crippen molar-refractivity contribution >= 4 is 10.8 Å². The van der Waals surface area contributed by atoms with Gasteiger partial charge in [0.25, 0.3) is 0 Å². The minimum Gasteiger partial charge on any atom is -0.349 e. The van der Waals surface area contributed by atoms with E-state index >= 15 is 0 Å². The minimum absolute atomic E-state index is 0.742. The molecular weight excluding hydrogens is 290 g/mol. The molecular formula is C19H19NOS. The van der Waals surface area contributed by atoms with Gasteiger partial charge in [-0.05, 0) is 24.6 Å². The average molecular weight is 309 g/mol. The van der Waals surface area contributed by atoms with Crippen LogP contribution < -0.4 is 0 Å². The first-order valence-electron chi connectivity index (χ1n) is 7.38. The number of nitrogens with zero attached hydrogens (tertiary/aromatic N) is 1. The van der Waals surface area contributed by atoms with Crippen molar-refractivity contribution in [3.63, 3.8) is 0 Å². The lowest BCUT2D eigenvalue weighted by Crippen LogP contribution is -2.14. The average Bonchev–Trinajstić information content (AvgIpc) is 2.56. The standard InChI is InChI=1S/C19H19NOS/c1-16-9-11-18(12-10-16)22(21)19-8-5-13-20(15-19)14-17-6-3-2-4-7-17/h2-7,9-13,15H,8,14H2,1H3/t22-/m0/s1. The molecule has 0 fully saturated rings. The summed E-state index contributed by atoms with van der Waals surface area (Å²) in [6.45, 7) is 2.84. The van der Waals surface area contributed by atoms with Gasteiger partial charge < -0.3 is 4.90 Å². The van der Waals surface area contributed by atoms with Crippen LogP contribution in [0.2, 0.25) is 0 Å². The molecule has 112 valence electrons. The fourth-order valence-electron chi connectivity index (χ4n) is 2.41. The molecule has 1 aliphatic rings. The van der Waals surface area contributed by atoms with E-state index in [-0.39, 0.29) is 0 Å². The van der Waals surface area contributed by atoms with E-state index in [1.165, 1.54) is 11.1 Å². The molecule has 0 saturated heterocycles. The van der Waals surface area contributed by atoms with Crippen molar-refractivity contribution in [1.82, 2.24) is 4.90 Å². The molecule has 0 bridgehead atoms. The van der Waals surface area contributed by atoms with Crippen molar-refractivity contribution in [3.05, 3.63) is 89.1 Å². The SMILES string of the molecule is Cc1ccc([S@](=O)C2=CN(Cc3ccccc3)C=CC2)cc1. The van der Waals surface area contributed by atoms with Gasteiger partial charge in [-0.15, -0.1) is 0 Å². The third kappa shape index (κ3) is 3.55. The molecule has 3 heteroatoms. The van der Waals surface area contributed by atoms with E-state index in [2.05, 4.69) is 29.3 Å². The van der Waals surface area contributed by atoms with Crippen molar-refractivity contribution in [3.8, 4) is 0 Å². The Morgan fingerprint density at radius 2 is 1.77 bits per heavy atom. The van der Waals surface area contributed by atoms with Crippen LogP contribution in [-0.2, 0) is 17.3 Å². The first-order chi connectivity index (χ1) is 10.7. The van der Waals surface area contributed by atoms with Crippen LogP contribution in [-0.4, -0.2) is 9.11 Å². The molecule has 3 rings (SSSR count). The fraction of sp³-hybridized carbons (Fsp3) is 0.158. The second-order valence-electron chi connectivity index (χ2n) is 5.42.